The lowest BCUT2D eigenvalue weighted by Crippen LogP contribution is -2.53. The van der Waals surface area contributed by atoms with Gasteiger partial charge in [0.2, 0.25) is 5.91 Å². The molecule has 0 radical (unpaired) electrons. The van der Waals surface area contributed by atoms with Crippen molar-refractivity contribution < 1.29 is 9.59 Å². The first-order chi connectivity index (χ1) is 11.0. The van der Waals surface area contributed by atoms with Gasteiger partial charge in [-0.3, -0.25) is 9.59 Å². The summed E-state index contributed by atoms with van der Waals surface area (Å²) in [5.74, 6) is 0.0201. The summed E-state index contributed by atoms with van der Waals surface area (Å²) in [7, 11) is 0. The van der Waals surface area contributed by atoms with Crippen molar-refractivity contribution in [2.24, 2.45) is 5.73 Å². The highest BCUT2D eigenvalue weighted by Gasteiger charge is 2.27. The Hall–Kier alpha value is -1.63. The lowest BCUT2D eigenvalue weighted by molar-refractivity contribution is -0.133. The zero-order valence-corrected chi connectivity index (χ0v) is 15.5. The van der Waals surface area contributed by atoms with E-state index in [1.807, 2.05) is 30.0 Å². The molecule has 1 saturated heterocycles. The largest absolute Gasteiger partial charge is 0.338 e. The van der Waals surface area contributed by atoms with Crippen molar-refractivity contribution in [2.45, 2.75) is 19.9 Å². The van der Waals surface area contributed by atoms with Crippen LogP contribution in [0.5, 0.6) is 0 Å². The SMILES string of the molecule is Cc1c(C(=O)N2CCN(C(=O)[C@H](C)N)CC2)sc2ccccc12.Cl. The summed E-state index contributed by atoms with van der Waals surface area (Å²) >= 11 is 1.55. The molecule has 24 heavy (non-hydrogen) atoms. The molecule has 130 valence electrons. The molecule has 2 aromatic rings. The highest BCUT2D eigenvalue weighted by Crippen LogP contribution is 2.31. The van der Waals surface area contributed by atoms with Crippen LogP contribution in [0.3, 0.4) is 0 Å². The van der Waals surface area contributed by atoms with Gasteiger partial charge in [0, 0.05) is 30.9 Å². The van der Waals surface area contributed by atoms with Gasteiger partial charge >= 0.3 is 0 Å². The number of hydrogen-bond acceptors (Lipinski definition) is 4. The number of carbonyl (C=O) groups excluding carboxylic acids is 2. The first kappa shape index (κ1) is 18.7. The maximum Gasteiger partial charge on any atom is 0.264 e. The highest BCUT2D eigenvalue weighted by atomic mass is 35.5. The summed E-state index contributed by atoms with van der Waals surface area (Å²) in [6, 6.07) is 7.60. The Morgan fingerprint density at radius 1 is 1.12 bits per heavy atom. The smallest absolute Gasteiger partial charge is 0.264 e. The molecule has 1 fully saturated rings. The molecule has 1 aliphatic rings. The van der Waals surface area contributed by atoms with E-state index in [2.05, 4.69) is 6.07 Å². The van der Waals surface area contributed by atoms with Crippen LogP contribution in [-0.2, 0) is 4.79 Å². The fourth-order valence-electron chi connectivity index (χ4n) is 2.94. The lowest BCUT2D eigenvalue weighted by Gasteiger charge is -2.35. The zero-order chi connectivity index (χ0) is 16.6. The average molecular weight is 368 g/mol. The molecule has 5 nitrogen and oxygen atoms in total. The van der Waals surface area contributed by atoms with Gasteiger partial charge in [-0.1, -0.05) is 18.2 Å². The number of rotatable bonds is 2. The quantitative estimate of drug-likeness (QED) is 0.885. The van der Waals surface area contributed by atoms with Crippen LogP contribution in [0.2, 0.25) is 0 Å². The number of thiophene rings is 1. The van der Waals surface area contributed by atoms with Crippen molar-refractivity contribution in [2.75, 3.05) is 26.2 Å². The minimum Gasteiger partial charge on any atom is -0.338 e. The number of amides is 2. The van der Waals surface area contributed by atoms with Crippen LogP contribution in [-0.4, -0.2) is 53.8 Å². The lowest BCUT2D eigenvalue weighted by atomic mass is 10.1. The fourth-order valence-corrected chi connectivity index (χ4v) is 4.12. The van der Waals surface area contributed by atoms with Gasteiger partial charge in [-0.15, -0.1) is 23.7 Å². The second-order valence-electron chi connectivity index (χ2n) is 5.96. The van der Waals surface area contributed by atoms with E-state index < -0.39 is 6.04 Å². The third kappa shape index (κ3) is 3.41. The van der Waals surface area contributed by atoms with E-state index in [4.69, 9.17) is 5.73 Å². The first-order valence-electron chi connectivity index (χ1n) is 7.81. The molecule has 3 rings (SSSR count). The Bertz CT molecular complexity index is 751. The van der Waals surface area contributed by atoms with Crippen LogP contribution < -0.4 is 5.73 Å². The molecule has 0 spiro atoms. The summed E-state index contributed by atoms with van der Waals surface area (Å²) in [4.78, 5) is 29.1. The minimum absolute atomic E-state index is 0. The van der Waals surface area contributed by atoms with E-state index in [0.29, 0.717) is 26.2 Å². The number of carbonyl (C=O) groups is 2. The summed E-state index contributed by atoms with van der Waals surface area (Å²) < 4.78 is 1.14. The molecule has 2 N–H and O–H groups in total. The predicted octanol–water partition coefficient (Wildman–Crippen LogP) is 2.26. The van der Waals surface area contributed by atoms with Crippen molar-refractivity contribution in [3.8, 4) is 0 Å². The van der Waals surface area contributed by atoms with Gasteiger partial charge in [0.1, 0.15) is 0 Å². The third-order valence-electron chi connectivity index (χ3n) is 4.31. The van der Waals surface area contributed by atoms with Crippen molar-refractivity contribution in [1.29, 1.82) is 0 Å². The van der Waals surface area contributed by atoms with E-state index >= 15 is 0 Å². The number of nitrogens with two attached hydrogens (primary N) is 1. The summed E-state index contributed by atoms with van der Waals surface area (Å²) in [6.45, 7) is 5.92. The third-order valence-corrected chi connectivity index (χ3v) is 5.57. The van der Waals surface area contributed by atoms with Gasteiger partial charge in [0.25, 0.3) is 5.91 Å². The maximum atomic E-state index is 12.8. The van der Waals surface area contributed by atoms with Crippen LogP contribution in [0.4, 0.5) is 0 Å². The van der Waals surface area contributed by atoms with Crippen molar-refractivity contribution in [1.82, 2.24) is 9.80 Å². The van der Waals surface area contributed by atoms with Crippen molar-refractivity contribution in [3.63, 3.8) is 0 Å². The Balaban J connectivity index is 0.00000208. The normalized spacial score (nSPS) is 16.0. The number of nitrogens with zero attached hydrogens (tertiary/aromatic N) is 2. The molecule has 2 heterocycles. The second kappa shape index (κ2) is 7.51. The fraction of sp³-hybridized carbons (Fsp3) is 0.412. The minimum atomic E-state index is -0.484. The Labute approximate surface area is 151 Å². The number of benzene rings is 1. The van der Waals surface area contributed by atoms with Crippen LogP contribution in [0.15, 0.2) is 24.3 Å². The molecule has 0 saturated carbocycles. The molecule has 1 aromatic carbocycles. The van der Waals surface area contributed by atoms with Crippen molar-refractivity contribution >= 4 is 45.6 Å². The number of fused-ring (bicyclic) bond motifs is 1. The number of halogens is 1. The summed E-state index contributed by atoms with van der Waals surface area (Å²) in [6.07, 6.45) is 0. The second-order valence-corrected chi connectivity index (χ2v) is 7.01. The van der Waals surface area contributed by atoms with Crippen LogP contribution >= 0.6 is 23.7 Å². The van der Waals surface area contributed by atoms with Crippen molar-refractivity contribution in [3.05, 3.63) is 34.7 Å². The molecule has 2 amide bonds. The van der Waals surface area contributed by atoms with Crippen LogP contribution in [0, 0.1) is 6.92 Å². The summed E-state index contributed by atoms with van der Waals surface area (Å²) in [5, 5.41) is 1.15. The monoisotopic (exact) mass is 367 g/mol. The standard InChI is InChI=1S/C17H21N3O2S.ClH/c1-11-13-5-3-4-6-14(13)23-15(11)17(22)20-9-7-19(8-10-20)16(21)12(2)18;/h3-6,12H,7-10,18H2,1-2H3;1H/t12-;/m0./s1. The Kier molecular flexibility index (Phi) is 5.85. The van der Waals surface area contributed by atoms with E-state index in [1.54, 1.807) is 23.2 Å². The van der Waals surface area contributed by atoms with E-state index in [-0.39, 0.29) is 24.2 Å². The molecule has 0 aliphatic carbocycles. The van der Waals surface area contributed by atoms with Gasteiger partial charge in [-0.25, -0.2) is 0 Å². The van der Waals surface area contributed by atoms with Gasteiger partial charge in [0.15, 0.2) is 0 Å². The molecular formula is C17H22ClN3O2S. The molecule has 1 aliphatic heterocycles. The van der Waals surface area contributed by atoms with Gasteiger partial charge in [-0.05, 0) is 30.9 Å². The van der Waals surface area contributed by atoms with Gasteiger partial charge in [0.05, 0.1) is 10.9 Å². The molecule has 0 unspecified atom stereocenters. The Morgan fingerprint density at radius 2 is 1.71 bits per heavy atom. The number of hydrogen-bond donors (Lipinski definition) is 1. The maximum absolute atomic E-state index is 12.8. The molecule has 1 atom stereocenters. The average Bonchev–Trinajstić information content (AvgIpc) is 2.91. The van der Waals surface area contributed by atoms with Gasteiger partial charge in [-0.2, -0.15) is 0 Å². The zero-order valence-electron chi connectivity index (χ0n) is 13.8. The topological polar surface area (TPSA) is 66.6 Å². The van der Waals surface area contributed by atoms with Gasteiger partial charge < -0.3 is 15.5 Å². The predicted molar refractivity (Wildman–Crippen MR) is 99.9 cm³/mol. The van der Waals surface area contributed by atoms with E-state index in [9.17, 15) is 9.59 Å². The first-order valence-corrected chi connectivity index (χ1v) is 8.62. The summed E-state index contributed by atoms with van der Waals surface area (Å²) in [5.41, 5.74) is 6.69. The Morgan fingerprint density at radius 3 is 2.29 bits per heavy atom. The van der Waals surface area contributed by atoms with E-state index in [0.717, 1.165) is 20.5 Å². The highest BCUT2D eigenvalue weighted by molar-refractivity contribution is 7.21. The molecule has 7 heteroatoms. The molecule has 0 bridgehead atoms. The van der Waals surface area contributed by atoms with Crippen LogP contribution in [0.25, 0.3) is 10.1 Å². The molecule has 1 aromatic heterocycles. The van der Waals surface area contributed by atoms with E-state index in [1.165, 1.54) is 0 Å². The number of piperazine rings is 1. The van der Waals surface area contributed by atoms with Crippen LogP contribution in [0.1, 0.15) is 22.2 Å². The number of aryl methyl sites for hydroxylation is 1. The molecular weight excluding hydrogens is 346 g/mol.